The van der Waals surface area contributed by atoms with E-state index in [9.17, 15) is 4.79 Å². The zero-order chi connectivity index (χ0) is 13.0. The molecule has 0 saturated heterocycles. The van der Waals surface area contributed by atoms with E-state index in [1.807, 2.05) is 12.1 Å². The van der Waals surface area contributed by atoms with Gasteiger partial charge < -0.3 is 10.4 Å². The van der Waals surface area contributed by atoms with Gasteiger partial charge in [-0.05, 0) is 30.7 Å². The first-order chi connectivity index (χ1) is 8.65. The molecular weight excluding hydrogens is 230 g/mol. The van der Waals surface area contributed by atoms with Crippen LogP contribution in [0.25, 0.3) is 0 Å². The van der Waals surface area contributed by atoms with Gasteiger partial charge in [0.1, 0.15) is 5.82 Å². The van der Waals surface area contributed by atoms with E-state index in [1.54, 1.807) is 19.3 Å². The summed E-state index contributed by atoms with van der Waals surface area (Å²) in [6, 6.07) is 6.85. The average molecular weight is 243 g/mol. The van der Waals surface area contributed by atoms with Gasteiger partial charge in [0.15, 0.2) is 0 Å². The summed E-state index contributed by atoms with van der Waals surface area (Å²) in [5.74, 6) is -0.402. The van der Waals surface area contributed by atoms with Crippen LogP contribution in [-0.4, -0.2) is 21.0 Å². The summed E-state index contributed by atoms with van der Waals surface area (Å²) in [5.41, 5.74) is 1.91. The normalized spacial score (nSPS) is 10.1. The van der Waals surface area contributed by atoms with Gasteiger partial charge in [0, 0.05) is 24.6 Å². The molecule has 0 amide bonds. The maximum absolute atomic E-state index is 10.9. The Morgan fingerprint density at radius 2 is 2.28 bits per heavy atom. The zero-order valence-electron chi connectivity index (χ0n) is 9.92. The third kappa shape index (κ3) is 3.04. The molecule has 0 aliphatic heterocycles. The van der Waals surface area contributed by atoms with E-state index in [-0.39, 0.29) is 5.56 Å². The molecule has 0 spiro atoms. The van der Waals surface area contributed by atoms with Crippen LogP contribution in [-0.2, 0) is 6.54 Å². The van der Waals surface area contributed by atoms with Crippen LogP contribution in [0.15, 0.2) is 36.7 Å². The lowest BCUT2D eigenvalue weighted by Crippen LogP contribution is -2.05. The molecule has 0 aliphatic rings. The fourth-order valence-electron chi connectivity index (χ4n) is 1.58. The zero-order valence-corrected chi connectivity index (χ0v) is 9.92. The second-order valence-corrected chi connectivity index (χ2v) is 3.90. The SMILES string of the molecule is Cc1cc(C(=O)O)cc(NCc2cccnc2)n1. The van der Waals surface area contributed by atoms with Crippen LogP contribution in [0.1, 0.15) is 21.6 Å². The summed E-state index contributed by atoms with van der Waals surface area (Å²) in [6.45, 7) is 2.32. The van der Waals surface area contributed by atoms with E-state index < -0.39 is 5.97 Å². The highest BCUT2D eigenvalue weighted by atomic mass is 16.4. The topological polar surface area (TPSA) is 75.1 Å². The molecule has 2 aromatic rings. The average Bonchev–Trinajstić information content (AvgIpc) is 2.37. The van der Waals surface area contributed by atoms with Crippen molar-refractivity contribution in [3.05, 3.63) is 53.5 Å². The van der Waals surface area contributed by atoms with Crippen molar-refractivity contribution in [1.29, 1.82) is 0 Å². The Bertz CT molecular complexity index is 555. The molecular formula is C13H13N3O2. The summed E-state index contributed by atoms with van der Waals surface area (Å²) in [4.78, 5) is 19.2. The van der Waals surface area contributed by atoms with Gasteiger partial charge >= 0.3 is 5.97 Å². The van der Waals surface area contributed by atoms with Crippen LogP contribution in [0.5, 0.6) is 0 Å². The van der Waals surface area contributed by atoms with Gasteiger partial charge in [-0.25, -0.2) is 9.78 Å². The monoisotopic (exact) mass is 243 g/mol. The van der Waals surface area contributed by atoms with Gasteiger partial charge in [-0.15, -0.1) is 0 Å². The molecule has 2 N–H and O–H groups in total. The summed E-state index contributed by atoms with van der Waals surface area (Å²) in [5, 5.41) is 12.0. The Labute approximate surface area is 105 Å². The number of nitrogens with one attached hydrogen (secondary N) is 1. The van der Waals surface area contributed by atoms with E-state index in [0.29, 0.717) is 18.1 Å². The van der Waals surface area contributed by atoms with Gasteiger partial charge in [0.25, 0.3) is 0 Å². The number of aromatic carboxylic acids is 1. The number of anilines is 1. The highest BCUT2D eigenvalue weighted by Gasteiger charge is 2.06. The van der Waals surface area contributed by atoms with Crippen molar-refractivity contribution < 1.29 is 9.90 Å². The van der Waals surface area contributed by atoms with Crippen LogP contribution in [0.2, 0.25) is 0 Å². The molecule has 0 atom stereocenters. The van der Waals surface area contributed by atoms with Gasteiger partial charge in [-0.1, -0.05) is 6.07 Å². The maximum atomic E-state index is 10.9. The lowest BCUT2D eigenvalue weighted by molar-refractivity contribution is 0.0696. The number of aromatic nitrogens is 2. The fourth-order valence-corrected chi connectivity index (χ4v) is 1.58. The minimum Gasteiger partial charge on any atom is -0.478 e. The summed E-state index contributed by atoms with van der Waals surface area (Å²) in [6.07, 6.45) is 3.46. The first kappa shape index (κ1) is 12.0. The lowest BCUT2D eigenvalue weighted by atomic mass is 10.2. The largest absolute Gasteiger partial charge is 0.478 e. The molecule has 5 nitrogen and oxygen atoms in total. The fraction of sp³-hybridized carbons (Fsp3) is 0.154. The molecule has 5 heteroatoms. The molecule has 0 saturated carbocycles. The highest BCUT2D eigenvalue weighted by molar-refractivity contribution is 5.88. The highest BCUT2D eigenvalue weighted by Crippen LogP contribution is 2.11. The standard InChI is InChI=1S/C13H13N3O2/c1-9-5-11(13(17)18)6-12(16-9)15-8-10-3-2-4-14-7-10/h2-7H,8H2,1H3,(H,15,16)(H,17,18). The first-order valence-electron chi connectivity index (χ1n) is 5.50. The number of hydrogen-bond donors (Lipinski definition) is 2. The molecule has 18 heavy (non-hydrogen) atoms. The molecule has 0 bridgehead atoms. The predicted octanol–water partition coefficient (Wildman–Crippen LogP) is 2.10. The Morgan fingerprint density at radius 1 is 1.44 bits per heavy atom. The van der Waals surface area contributed by atoms with Crippen molar-refractivity contribution in [2.24, 2.45) is 0 Å². The number of rotatable bonds is 4. The maximum Gasteiger partial charge on any atom is 0.335 e. The smallest absolute Gasteiger partial charge is 0.335 e. The van der Waals surface area contributed by atoms with Crippen molar-refractivity contribution in [3.8, 4) is 0 Å². The second-order valence-electron chi connectivity index (χ2n) is 3.90. The minimum atomic E-state index is -0.954. The first-order valence-corrected chi connectivity index (χ1v) is 5.50. The number of carboxylic acid groups (broad SMARTS) is 1. The van der Waals surface area contributed by atoms with E-state index in [4.69, 9.17) is 5.11 Å². The molecule has 0 radical (unpaired) electrons. The molecule has 0 fully saturated rings. The Hall–Kier alpha value is -2.43. The van der Waals surface area contributed by atoms with Gasteiger partial charge in [0.05, 0.1) is 5.56 Å². The minimum absolute atomic E-state index is 0.233. The lowest BCUT2D eigenvalue weighted by Gasteiger charge is -2.07. The molecule has 0 unspecified atom stereocenters. The molecule has 2 aromatic heterocycles. The van der Waals surface area contributed by atoms with Gasteiger partial charge in [0.2, 0.25) is 0 Å². The van der Waals surface area contributed by atoms with Crippen LogP contribution in [0.3, 0.4) is 0 Å². The van der Waals surface area contributed by atoms with Crippen molar-refractivity contribution in [2.45, 2.75) is 13.5 Å². The third-order valence-corrected chi connectivity index (χ3v) is 2.40. The van der Waals surface area contributed by atoms with Crippen molar-refractivity contribution >= 4 is 11.8 Å². The van der Waals surface area contributed by atoms with Crippen molar-refractivity contribution in [1.82, 2.24) is 9.97 Å². The molecule has 0 aliphatic carbocycles. The van der Waals surface area contributed by atoms with E-state index in [0.717, 1.165) is 5.56 Å². The van der Waals surface area contributed by atoms with E-state index >= 15 is 0 Å². The Morgan fingerprint density at radius 3 is 2.94 bits per heavy atom. The van der Waals surface area contributed by atoms with Gasteiger partial charge in [-0.2, -0.15) is 0 Å². The number of nitrogens with zero attached hydrogens (tertiary/aromatic N) is 2. The van der Waals surface area contributed by atoms with Crippen LogP contribution < -0.4 is 5.32 Å². The molecule has 2 rings (SSSR count). The number of aryl methyl sites for hydroxylation is 1. The van der Waals surface area contributed by atoms with Crippen molar-refractivity contribution in [3.63, 3.8) is 0 Å². The molecule has 0 aromatic carbocycles. The van der Waals surface area contributed by atoms with E-state index in [2.05, 4.69) is 15.3 Å². The van der Waals surface area contributed by atoms with Crippen LogP contribution in [0, 0.1) is 6.92 Å². The second kappa shape index (κ2) is 5.27. The summed E-state index contributed by atoms with van der Waals surface area (Å²) >= 11 is 0. The Kier molecular flexibility index (Phi) is 3.52. The number of carbonyl (C=O) groups is 1. The van der Waals surface area contributed by atoms with Gasteiger partial charge in [-0.3, -0.25) is 4.98 Å². The number of carboxylic acids is 1. The van der Waals surface area contributed by atoms with Crippen molar-refractivity contribution in [2.75, 3.05) is 5.32 Å². The van der Waals surface area contributed by atoms with Crippen LogP contribution >= 0.6 is 0 Å². The Balaban J connectivity index is 2.12. The van der Waals surface area contributed by atoms with E-state index in [1.165, 1.54) is 12.1 Å². The third-order valence-electron chi connectivity index (χ3n) is 2.40. The summed E-state index contributed by atoms with van der Waals surface area (Å²) in [7, 11) is 0. The molecule has 2 heterocycles. The molecule has 92 valence electrons. The number of hydrogen-bond acceptors (Lipinski definition) is 4. The predicted molar refractivity (Wildman–Crippen MR) is 67.5 cm³/mol. The summed E-state index contributed by atoms with van der Waals surface area (Å²) < 4.78 is 0. The quantitative estimate of drug-likeness (QED) is 0.860. The van der Waals surface area contributed by atoms with Crippen LogP contribution in [0.4, 0.5) is 5.82 Å². The number of pyridine rings is 2.